The Bertz CT molecular complexity index is 1620. The number of aromatic nitrogens is 3. The molecule has 0 saturated carbocycles. The lowest BCUT2D eigenvalue weighted by Gasteiger charge is -2.37. The van der Waals surface area contributed by atoms with Crippen molar-refractivity contribution in [2.45, 2.75) is 32.1 Å². The minimum absolute atomic E-state index is 0.0404. The summed E-state index contributed by atoms with van der Waals surface area (Å²) in [6, 6.07) is 13.9. The molecule has 1 N–H and O–H groups in total. The first-order valence-electron chi connectivity index (χ1n) is 12.8. The lowest BCUT2D eigenvalue weighted by Crippen LogP contribution is -2.58. The van der Waals surface area contributed by atoms with Crippen LogP contribution in [0.2, 0.25) is 0 Å². The molecule has 2 unspecified atom stereocenters. The number of carbonyl (C=O) groups is 3. The largest absolute Gasteiger partial charge is 0.471 e. The number of halogens is 3. The molecule has 9 nitrogen and oxygen atoms in total. The van der Waals surface area contributed by atoms with Crippen molar-refractivity contribution in [3.63, 3.8) is 0 Å². The molecule has 0 bridgehead atoms. The van der Waals surface area contributed by atoms with Crippen LogP contribution in [0.3, 0.4) is 0 Å². The third kappa shape index (κ3) is 4.78. The summed E-state index contributed by atoms with van der Waals surface area (Å²) in [5.41, 5.74) is 3.71. The number of hydrogen-bond acceptors (Lipinski definition) is 5. The van der Waals surface area contributed by atoms with E-state index in [-0.39, 0.29) is 19.5 Å². The first-order chi connectivity index (χ1) is 19.0. The van der Waals surface area contributed by atoms with E-state index in [2.05, 4.69) is 23.6 Å². The monoisotopic (exact) mass is 555 g/mol. The highest BCUT2D eigenvalue weighted by atomic mass is 19.4. The molecule has 0 radical (unpaired) electrons. The van der Waals surface area contributed by atoms with Crippen molar-refractivity contribution in [1.82, 2.24) is 24.3 Å². The number of piperidine rings is 1. The maximum Gasteiger partial charge on any atom is 0.471 e. The molecule has 2 aromatic heterocycles. The number of nitrogens with zero attached hydrogens (tertiary/aromatic N) is 4. The molecule has 210 valence electrons. The van der Waals surface area contributed by atoms with Gasteiger partial charge in [-0.25, -0.2) is 4.98 Å². The van der Waals surface area contributed by atoms with Gasteiger partial charge in [0.25, 0.3) is 5.91 Å². The Balaban J connectivity index is 1.44. The van der Waals surface area contributed by atoms with E-state index in [0.717, 1.165) is 41.6 Å². The number of alkyl halides is 3. The third-order valence-electron chi connectivity index (χ3n) is 7.46. The Labute approximate surface area is 227 Å². The zero-order valence-corrected chi connectivity index (χ0v) is 22.2. The maximum atomic E-state index is 13.4. The molecule has 4 aromatic rings. The van der Waals surface area contributed by atoms with Crippen LogP contribution in [-0.4, -0.2) is 69.2 Å². The van der Waals surface area contributed by atoms with E-state index in [1.54, 1.807) is 18.2 Å². The second kappa shape index (κ2) is 10.3. The normalized spacial score (nSPS) is 17.8. The second-order valence-corrected chi connectivity index (χ2v) is 9.78. The van der Waals surface area contributed by atoms with Gasteiger partial charge >= 0.3 is 18.1 Å². The minimum atomic E-state index is -5.13. The first-order valence-corrected chi connectivity index (χ1v) is 12.8. The molecule has 2 atom stereocenters. The predicted molar refractivity (Wildman–Crippen MR) is 141 cm³/mol. The number of likely N-dealkylation sites (tertiary alicyclic amines) is 1. The summed E-state index contributed by atoms with van der Waals surface area (Å²) in [6.45, 7) is 2.63. The number of imidazole rings is 1. The summed E-state index contributed by atoms with van der Waals surface area (Å²) in [5, 5.41) is 2.95. The molecule has 40 heavy (non-hydrogen) atoms. The van der Waals surface area contributed by atoms with Gasteiger partial charge in [0.1, 0.15) is 0 Å². The van der Waals surface area contributed by atoms with Gasteiger partial charge in [-0.15, -0.1) is 0 Å². The number of amides is 2. The van der Waals surface area contributed by atoms with Gasteiger partial charge in [0.05, 0.1) is 35.8 Å². The summed E-state index contributed by atoms with van der Waals surface area (Å²) >= 11 is 0. The lowest BCUT2D eigenvalue weighted by molar-refractivity contribution is -0.175. The number of methoxy groups -OCH3 is 1. The van der Waals surface area contributed by atoms with Crippen LogP contribution >= 0.6 is 0 Å². The van der Waals surface area contributed by atoms with Crippen LogP contribution in [0.5, 0.6) is 0 Å². The molecule has 1 saturated heterocycles. The summed E-state index contributed by atoms with van der Waals surface area (Å²) < 4.78 is 47.6. The standard InChI is InChI=1S/C28H28F3N5O4/c1-4-36-21-8-6-5-7-16(21)14-23(36)24-32-19-13-17(9-10-22(19)34(24)2)25(37)35-12-11-18(26(38)40-3)20(15-35)33-27(39)28(29,30)31/h5-10,13-14,18,20H,4,11-12,15H2,1-3H3,(H,33,39). The molecule has 0 aliphatic carbocycles. The molecule has 5 rings (SSSR count). The van der Waals surface area contributed by atoms with Crippen molar-refractivity contribution in [3.05, 3.63) is 54.1 Å². The molecular formula is C28H28F3N5O4. The Hall–Kier alpha value is -4.35. The number of carbonyl (C=O) groups excluding carboxylic acids is 3. The fraction of sp³-hybridized carbons (Fsp3) is 0.357. The number of fused-ring (bicyclic) bond motifs is 2. The van der Waals surface area contributed by atoms with Gasteiger partial charge in [-0.2, -0.15) is 13.2 Å². The van der Waals surface area contributed by atoms with Crippen LogP contribution in [0.4, 0.5) is 13.2 Å². The molecule has 1 aliphatic rings. The summed E-state index contributed by atoms with van der Waals surface area (Å²) in [7, 11) is 3.02. The number of ether oxygens (including phenoxy) is 1. The molecule has 1 fully saturated rings. The van der Waals surface area contributed by atoms with E-state index in [1.165, 1.54) is 4.90 Å². The summed E-state index contributed by atoms with van der Waals surface area (Å²) in [4.78, 5) is 43.4. The van der Waals surface area contributed by atoms with Crippen molar-refractivity contribution in [2.75, 3.05) is 20.2 Å². The summed E-state index contributed by atoms with van der Waals surface area (Å²) in [5.74, 6) is -3.64. The highest BCUT2D eigenvalue weighted by Crippen LogP contribution is 2.31. The van der Waals surface area contributed by atoms with Gasteiger partial charge in [-0.3, -0.25) is 14.4 Å². The van der Waals surface area contributed by atoms with Crippen molar-refractivity contribution < 1.29 is 32.3 Å². The number of nitrogens with one attached hydrogen (secondary N) is 1. The number of benzene rings is 2. The Kier molecular flexibility index (Phi) is 7.03. The van der Waals surface area contributed by atoms with E-state index in [1.807, 2.05) is 35.1 Å². The van der Waals surface area contributed by atoms with Gasteiger partial charge in [-0.1, -0.05) is 18.2 Å². The van der Waals surface area contributed by atoms with Gasteiger partial charge in [-0.05, 0) is 43.7 Å². The topological polar surface area (TPSA) is 98.5 Å². The first kappa shape index (κ1) is 27.2. The lowest BCUT2D eigenvalue weighted by atomic mass is 9.91. The van der Waals surface area contributed by atoms with Crippen molar-refractivity contribution >= 4 is 39.7 Å². The Morgan fingerprint density at radius 1 is 1.10 bits per heavy atom. The Morgan fingerprint density at radius 2 is 1.85 bits per heavy atom. The Morgan fingerprint density at radius 3 is 2.55 bits per heavy atom. The molecule has 12 heteroatoms. The van der Waals surface area contributed by atoms with Crippen LogP contribution in [-0.2, 0) is 27.9 Å². The smallest absolute Gasteiger partial charge is 0.469 e. The van der Waals surface area contributed by atoms with E-state index in [9.17, 15) is 27.6 Å². The van der Waals surface area contributed by atoms with Gasteiger partial charge < -0.3 is 24.1 Å². The van der Waals surface area contributed by atoms with Gasteiger partial charge in [0, 0.05) is 43.1 Å². The van der Waals surface area contributed by atoms with Gasteiger partial charge in [0.15, 0.2) is 5.82 Å². The fourth-order valence-corrected chi connectivity index (χ4v) is 5.45. The van der Waals surface area contributed by atoms with Crippen molar-refractivity contribution in [1.29, 1.82) is 0 Å². The summed E-state index contributed by atoms with van der Waals surface area (Å²) in [6.07, 6.45) is -5.09. The average molecular weight is 556 g/mol. The number of aryl methyl sites for hydroxylation is 2. The molecule has 2 amide bonds. The van der Waals surface area contributed by atoms with Crippen LogP contribution in [0.1, 0.15) is 23.7 Å². The highest BCUT2D eigenvalue weighted by molar-refractivity contribution is 5.98. The zero-order chi connectivity index (χ0) is 28.8. The van der Waals surface area contributed by atoms with Gasteiger partial charge in [0.2, 0.25) is 0 Å². The fourth-order valence-electron chi connectivity index (χ4n) is 5.45. The second-order valence-electron chi connectivity index (χ2n) is 9.78. The molecular weight excluding hydrogens is 527 g/mol. The van der Waals surface area contributed by atoms with E-state index < -0.39 is 35.9 Å². The number of esters is 1. The average Bonchev–Trinajstić information content (AvgIpc) is 3.48. The quantitative estimate of drug-likeness (QED) is 0.377. The maximum absolute atomic E-state index is 13.4. The highest BCUT2D eigenvalue weighted by Gasteiger charge is 2.44. The molecule has 1 aliphatic heterocycles. The number of para-hydroxylation sites is 1. The molecule has 2 aromatic carbocycles. The molecule has 3 heterocycles. The van der Waals surface area contributed by atoms with Crippen LogP contribution in [0.15, 0.2) is 48.5 Å². The van der Waals surface area contributed by atoms with Crippen LogP contribution < -0.4 is 5.32 Å². The minimum Gasteiger partial charge on any atom is -0.469 e. The number of hydrogen-bond donors (Lipinski definition) is 1. The van der Waals surface area contributed by atoms with Crippen molar-refractivity contribution in [3.8, 4) is 11.5 Å². The molecule has 0 spiro atoms. The predicted octanol–water partition coefficient (Wildman–Crippen LogP) is 3.90. The third-order valence-corrected chi connectivity index (χ3v) is 7.46. The van der Waals surface area contributed by atoms with E-state index >= 15 is 0 Å². The number of rotatable bonds is 5. The van der Waals surface area contributed by atoms with E-state index in [4.69, 9.17) is 9.72 Å². The van der Waals surface area contributed by atoms with Crippen molar-refractivity contribution in [2.24, 2.45) is 13.0 Å². The van der Waals surface area contributed by atoms with E-state index in [0.29, 0.717) is 11.1 Å². The zero-order valence-electron chi connectivity index (χ0n) is 22.2. The van der Waals surface area contributed by atoms with Crippen LogP contribution in [0.25, 0.3) is 33.5 Å². The SMILES string of the molecule is CCn1c(-c2nc3cc(C(=O)N4CCC(C(=O)OC)C(NC(=O)C(F)(F)F)C4)ccc3n2C)cc2ccccc21. The van der Waals surface area contributed by atoms with Crippen LogP contribution in [0, 0.1) is 5.92 Å².